The SMILES string of the molecule is CO[C@H]1COC(=O)CC=C[C@H](C)[C@H](OC)COC(=O)[C@@H](C)NC(=O)CC=C[C@@H]1C. The molecule has 5 atom stereocenters. The predicted octanol–water partition coefficient (Wildman–Crippen LogP) is 1.79. The summed E-state index contributed by atoms with van der Waals surface area (Å²) in [4.78, 5) is 36.2. The van der Waals surface area contributed by atoms with Crippen LogP contribution in [0.1, 0.15) is 33.6 Å². The summed E-state index contributed by atoms with van der Waals surface area (Å²) >= 11 is 0. The first-order valence-corrected chi connectivity index (χ1v) is 9.79. The monoisotopic (exact) mass is 411 g/mol. The highest BCUT2D eigenvalue weighted by atomic mass is 16.6. The first-order chi connectivity index (χ1) is 13.8. The van der Waals surface area contributed by atoms with Crippen molar-refractivity contribution in [3.8, 4) is 0 Å². The van der Waals surface area contributed by atoms with E-state index in [1.54, 1.807) is 26.2 Å². The molecule has 0 aliphatic carbocycles. The van der Waals surface area contributed by atoms with Crippen molar-refractivity contribution >= 4 is 17.8 Å². The van der Waals surface area contributed by atoms with E-state index in [-0.39, 0.29) is 62.0 Å². The summed E-state index contributed by atoms with van der Waals surface area (Å²) in [7, 11) is 3.07. The van der Waals surface area contributed by atoms with Crippen LogP contribution in [0.3, 0.4) is 0 Å². The van der Waals surface area contributed by atoms with E-state index >= 15 is 0 Å². The van der Waals surface area contributed by atoms with Crippen molar-refractivity contribution in [2.24, 2.45) is 11.8 Å². The largest absolute Gasteiger partial charge is 0.463 e. The highest BCUT2D eigenvalue weighted by Gasteiger charge is 2.22. The number of nitrogens with one attached hydrogen (secondary N) is 1. The van der Waals surface area contributed by atoms with Gasteiger partial charge in [0.15, 0.2) is 0 Å². The minimum Gasteiger partial charge on any atom is -0.463 e. The minimum atomic E-state index is -0.767. The van der Waals surface area contributed by atoms with Gasteiger partial charge < -0.3 is 24.3 Å². The van der Waals surface area contributed by atoms with Crippen LogP contribution in [0, 0.1) is 11.8 Å². The highest BCUT2D eigenvalue weighted by molar-refractivity contribution is 5.84. The number of hydrogen-bond donors (Lipinski definition) is 1. The van der Waals surface area contributed by atoms with E-state index in [1.807, 2.05) is 26.0 Å². The first-order valence-electron chi connectivity index (χ1n) is 9.79. The van der Waals surface area contributed by atoms with Gasteiger partial charge >= 0.3 is 11.9 Å². The van der Waals surface area contributed by atoms with Crippen LogP contribution in [0.25, 0.3) is 0 Å². The second-order valence-corrected chi connectivity index (χ2v) is 7.13. The van der Waals surface area contributed by atoms with E-state index < -0.39 is 12.0 Å². The third-order valence-corrected chi connectivity index (χ3v) is 4.77. The maximum Gasteiger partial charge on any atom is 0.328 e. The van der Waals surface area contributed by atoms with Gasteiger partial charge in [0.05, 0.1) is 18.6 Å². The van der Waals surface area contributed by atoms with Crippen molar-refractivity contribution in [1.29, 1.82) is 0 Å². The van der Waals surface area contributed by atoms with Gasteiger partial charge in [0.2, 0.25) is 5.91 Å². The van der Waals surface area contributed by atoms with Crippen molar-refractivity contribution in [2.75, 3.05) is 27.4 Å². The molecule has 1 aliphatic heterocycles. The molecule has 0 spiro atoms. The Hall–Kier alpha value is -2.19. The van der Waals surface area contributed by atoms with Gasteiger partial charge in [0.1, 0.15) is 19.3 Å². The van der Waals surface area contributed by atoms with Crippen LogP contribution >= 0.6 is 0 Å². The molecule has 0 radical (unpaired) electrons. The van der Waals surface area contributed by atoms with Crippen LogP contribution < -0.4 is 5.32 Å². The van der Waals surface area contributed by atoms with Gasteiger partial charge in [-0.05, 0) is 6.92 Å². The third-order valence-electron chi connectivity index (χ3n) is 4.77. The Kier molecular flexibility index (Phi) is 11.2. The lowest BCUT2D eigenvalue weighted by Gasteiger charge is -2.21. The summed E-state index contributed by atoms with van der Waals surface area (Å²) in [5, 5.41) is 2.61. The Morgan fingerprint density at radius 1 is 0.862 bits per heavy atom. The molecule has 1 aliphatic rings. The molecule has 0 bridgehead atoms. The van der Waals surface area contributed by atoms with Crippen LogP contribution in [-0.4, -0.2) is 63.5 Å². The number of carbonyl (C=O) groups excluding carboxylic acids is 3. The van der Waals surface area contributed by atoms with E-state index in [2.05, 4.69) is 5.32 Å². The fourth-order valence-corrected chi connectivity index (χ4v) is 2.77. The zero-order chi connectivity index (χ0) is 21.8. The second-order valence-electron chi connectivity index (χ2n) is 7.13. The van der Waals surface area contributed by atoms with Crippen molar-refractivity contribution in [3.63, 3.8) is 0 Å². The van der Waals surface area contributed by atoms with E-state index in [1.165, 1.54) is 7.11 Å². The van der Waals surface area contributed by atoms with E-state index in [0.717, 1.165) is 0 Å². The lowest BCUT2D eigenvalue weighted by atomic mass is 10.0. The Bertz CT molecular complexity index is 602. The smallest absolute Gasteiger partial charge is 0.328 e. The van der Waals surface area contributed by atoms with Crippen molar-refractivity contribution < 1.29 is 33.3 Å². The molecule has 0 saturated heterocycles. The zero-order valence-electron chi connectivity index (χ0n) is 17.9. The summed E-state index contributed by atoms with van der Waals surface area (Å²) in [6, 6.07) is -0.767. The van der Waals surface area contributed by atoms with Gasteiger partial charge in [-0.25, -0.2) is 4.79 Å². The lowest BCUT2D eigenvalue weighted by molar-refractivity contribution is -0.151. The molecule has 1 N–H and O–H groups in total. The molecule has 29 heavy (non-hydrogen) atoms. The fraction of sp³-hybridized carbons (Fsp3) is 0.667. The molecule has 0 aromatic carbocycles. The van der Waals surface area contributed by atoms with E-state index in [4.69, 9.17) is 18.9 Å². The Morgan fingerprint density at radius 2 is 1.38 bits per heavy atom. The highest BCUT2D eigenvalue weighted by Crippen LogP contribution is 2.12. The van der Waals surface area contributed by atoms with Crippen molar-refractivity contribution in [3.05, 3.63) is 24.3 Å². The topological polar surface area (TPSA) is 100 Å². The summed E-state index contributed by atoms with van der Waals surface area (Å²) < 4.78 is 21.3. The average Bonchev–Trinajstić information content (AvgIpc) is 2.67. The molecule has 0 aromatic rings. The number of hydrogen-bond acceptors (Lipinski definition) is 7. The molecule has 8 heteroatoms. The van der Waals surface area contributed by atoms with Crippen molar-refractivity contribution in [1.82, 2.24) is 5.32 Å². The van der Waals surface area contributed by atoms with Gasteiger partial charge in [-0.3, -0.25) is 9.59 Å². The molecule has 1 amide bonds. The number of amides is 1. The third kappa shape index (κ3) is 9.23. The fourth-order valence-electron chi connectivity index (χ4n) is 2.77. The number of ether oxygens (including phenoxy) is 4. The Morgan fingerprint density at radius 3 is 1.93 bits per heavy atom. The predicted molar refractivity (Wildman–Crippen MR) is 107 cm³/mol. The number of esters is 2. The molecular weight excluding hydrogens is 378 g/mol. The number of carbonyl (C=O) groups is 3. The molecule has 0 aromatic heterocycles. The summed E-state index contributed by atoms with van der Waals surface area (Å²) in [6.45, 7) is 5.54. The molecule has 0 fully saturated rings. The number of cyclic esters (lactones) is 2. The standard InChI is InChI=1S/C21H33NO7/c1-14-8-6-10-19(23)22-16(3)21(25)29-13-18(27-5)15(2)9-7-11-20(24)28-12-17(14)26-4/h6-9,14-18H,10-13H2,1-5H3,(H,22,23)/t14-,15-,16+,17-,18+/m0/s1. The molecule has 0 unspecified atom stereocenters. The van der Waals surface area contributed by atoms with Gasteiger partial charge in [-0.1, -0.05) is 38.2 Å². The number of methoxy groups -OCH3 is 2. The zero-order valence-corrected chi connectivity index (χ0v) is 17.9. The minimum absolute atomic E-state index is 0.0401. The summed E-state index contributed by atoms with van der Waals surface area (Å²) in [5.74, 6) is -1.35. The number of rotatable bonds is 2. The maximum absolute atomic E-state index is 12.1. The van der Waals surface area contributed by atoms with Crippen molar-refractivity contribution in [2.45, 2.75) is 51.9 Å². The van der Waals surface area contributed by atoms with Crippen LogP contribution in [0.2, 0.25) is 0 Å². The summed E-state index contributed by atoms with van der Waals surface area (Å²) in [6.07, 6.45) is 6.59. The Labute approximate surface area is 172 Å². The summed E-state index contributed by atoms with van der Waals surface area (Å²) in [5.41, 5.74) is 0. The van der Waals surface area contributed by atoms with E-state index in [9.17, 15) is 14.4 Å². The van der Waals surface area contributed by atoms with E-state index in [0.29, 0.717) is 0 Å². The maximum atomic E-state index is 12.1. The lowest BCUT2D eigenvalue weighted by Crippen LogP contribution is -2.40. The molecule has 1 heterocycles. The quantitative estimate of drug-likeness (QED) is 0.546. The van der Waals surface area contributed by atoms with Crippen LogP contribution in [0.15, 0.2) is 24.3 Å². The van der Waals surface area contributed by atoms with Crippen LogP contribution in [0.4, 0.5) is 0 Å². The van der Waals surface area contributed by atoms with Crippen LogP contribution in [-0.2, 0) is 33.3 Å². The first kappa shape index (κ1) is 24.8. The van der Waals surface area contributed by atoms with Gasteiger partial charge in [0, 0.05) is 32.5 Å². The molecule has 0 saturated carbocycles. The van der Waals surface area contributed by atoms with Gasteiger partial charge in [-0.15, -0.1) is 0 Å². The average molecular weight is 411 g/mol. The normalized spacial score (nSPS) is 31.1. The van der Waals surface area contributed by atoms with Gasteiger partial charge in [0.25, 0.3) is 0 Å². The molecule has 164 valence electrons. The molecular formula is C21H33NO7. The second kappa shape index (κ2) is 13.1. The van der Waals surface area contributed by atoms with Crippen LogP contribution in [0.5, 0.6) is 0 Å². The van der Waals surface area contributed by atoms with Gasteiger partial charge in [-0.2, -0.15) is 0 Å². The molecule has 1 rings (SSSR count). The Balaban J connectivity index is 2.90. The molecule has 8 nitrogen and oxygen atoms in total.